The zero-order chi connectivity index (χ0) is 9.30. The molecule has 3 nitrogen and oxygen atoms in total. The van der Waals surface area contributed by atoms with Crippen LogP contribution in [0, 0.1) is 7.14 Å². The molecule has 12 heavy (non-hydrogen) atoms. The molecule has 0 fully saturated rings. The highest BCUT2D eigenvalue weighted by molar-refractivity contribution is 14.1. The van der Waals surface area contributed by atoms with Crippen LogP contribution in [-0.2, 0) is 0 Å². The van der Waals surface area contributed by atoms with Crippen molar-refractivity contribution in [2.45, 2.75) is 0 Å². The molecule has 0 radical (unpaired) electrons. The number of rotatable bonds is 1. The molecule has 0 aliphatic heterocycles. The van der Waals surface area contributed by atoms with Crippen LogP contribution < -0.4 is 4.74 Å². The number of hydrogen-bond acceptors (Lipinski definition) is 3. The van der Waals surface area contributed by atoms with Gasteiger partial charge in [0, 0.05) is 6.07 Å². The third-order valence-electron chi connectivity index (χ3n) is 1.34. The van der Waals surface area contributed by atoms with Gasteiger partial charge in [-0.15, -0.1) is 0 Å². The molecule has 5 heteroatoms. The number of ether oxygens (including phenoxy) is 1. The van der Waals surface area contributed by atoms with Crippen LogP contribution >= 0.6 is 45.2 Å². The molecule has 0 bridgehead atoms. The first-order chi connectivity index (χ1) is 5.57. The van der Waals surface area contributed by atoms with Gasteiger partial charge in [0.25, 0.3) is 0 Å². The maximum absolute atomic E-state index is 9.44. The van der Waals surface area contributed by atoms with E-state index in [2.05, 4.69) is 0 Å². The largest absolute Gasteiger partial charge is 0.507 e. The summed E-state index contributed by atoms with van der Waals surface area (Å²) >= 11 is 3.82. The van der Waals surface area contributed by atoms with Crippen molar-refractivity contribution in [2.24, 2.45) is 0 Å². The van der Waals surface area contributed by atoms with Gasteiger partial charge < -0.3 is 14.9 Å². The highest BCUT2D eigenvalue weighted by atomic mass is 127. The fourth-order valence-corrected chi connectivity index (χ4v) is 2.32. The van der Waals surface area contributed by atoms with E-state index < -0.39 is 0 Å². The van der Waals surface area contributed by atoms with Crippen molar-refractivity contribution in [1.82, 2.24) is 0 Å². The van der Waals surface area contributed by atoms with Crippen molar-refractivity contribution in [2.75, 3.05) is 7.11 Å². The number of phenolic OH excluding ortho intramolecular Hbond substituents is 2. The van der Waals surface area contributed by atoms with Gasteiger partial charge in [-0.25, -0.2) is 0 Å². The molecule has 0 aromatic heterocycles. The Morgan fingerprint density at radius 3 is 2.33 bits per heavy atom. The van der Waals surface area contributed by atoms with Crippen LogP contribution in [0.25, 0.3) is 0 Å². The topological polar surface area (TPSA) is 49.7 Å². The Balaban J connectivity index is 3.39. The summed E-state index contributed by atoms with van der Waals surface area (Å²) in [6.07, 6.45) is 0. The van der Waals surface area contributed by atoms with Crippen LogP contribution in [0.1, 0.15) is 0 Å². The van der Waals surface area contributed by atoms with E-state index in [0.29, 0.717) is 12.9 Å². The van der Waals surface area contributed by atoms with Crippen molar-refractivity contribution in [1.29, 1.82) is 0 Å². The molecule has 0 heterocycles. The summed E-state index contributed by atoms with van der Waals surface area (Å²) in [6, 6.07) is 1.48. The van der Waals surface area contributed by atoms with Gasteiger partial charge in [0.15, 0.2) is 0 Å². The highest BCUT2D eigenvalue weighted by Gasteiger charge is 2.13. The molecule has 0 amide bonds. The zero-order valence-corrected chi connectivity index (χ0v) is 10.5. The standard InChI is InChI=1S/C7H6I2O3/c1-12-4-2-3(10)5(8)7(11)6(4)9/h2,10-11H,1H3. The number of methoxy groups -OCH3 is 1. The van der Waals surface area contributed by atoms with E-state index in [1.807, 2.05) is 45.2 Å². The van der Waals surface area contributed by atoms with Crippen LogP contribution in [0.5, 0.6) is 17.2 Å². The summed E-state index contributed by atoms with van der Waals surface area (Å²) in [4.78, 5) is 0. The fraction of sp³-hybridized carbons (Fsp3) is 0.143. The minimum Gasteiger partial charge on any atom is -0.507 e. The van der Waals surface area contributed by atoms with E-state index in [-0.39, 0.29) is 11.5 Å². The van der Waals surface area contributed by atoms with Crippen LogP contribution in [0.15, 0.2) is 6.07 Å². The summed E-state index contributed by atoms with van der Waals surface area (Å²) in [5.41, 5.74) is 0. The molecule has 0 saturated heterocycles. The maximum Gasteiger partial charge on any atom is 0.149 e. The second-order valence-corrected chi connectivity index (χ2v) is 4.23. The summed E-state index contributed by atoms with van der Waals surface area (Å²) in [7, 11) is 1.49. The lowest BCUT2D eigenvalue weighted by molar-refractivity contribution is 0.391. The molecule has 0 atom stereocenters. The quantitative estimate of drug-likeness (QED) is 0.722. The Morgan fingerprint density at radius 2 is 1.83 bits per heavy atom. The second kappa shape index (κ2) is 3.86. The number of benzene rings is 1. The lowest BCUT2D eigenvalue weighted by Gasteiger charge is -2.07. The normalized spacial score (nSPS) is 9.92. The minimum absolute atomic E-state index is 0.0327. The van der Waals surface area contributed by atoms with E-state index in [9.17, 15) is 10.2 Å². The first-order valence-electron chi connectivity index (χ1n) is 3.01. The molecule has 0 unspecified atom stereocenters. The summed E-state index contributed by atoms with van der Waals surface area (Å²) < 4.78 is 5.98. The SMILES string of the molecule is COc1cc(O)c(I)c(O)c1I. The highest BCUT2D eigenvalue weighted by Crippen LogP contribution is 2.39. The molecule has 1 aromatic carbocycles. The van der Waals surface area contributed by atoms with Gasteiger partial charge in [-0.05, 0) is 45.2 Å². The molecule has 0 spiro atoms. The van der Waals surface area contributed by atoms with Crippen molar-refractivity contribution in [3.05, 3.63) is 13.2 Å². The molecule has 66 valence electrons. The van der Waals surface area contributed by atoms with Crippen molar-refractivity contribution >= 4 is 45.2 Å². The van der Waals surface area contributed by atoms with Gasteiger partial charge in [0.2, 0.25) is 0 Å². The van der Waals surface area contributed by atoms with Gasteiger partial charge in [0.1, 0.15) is 17.2 Å². The number of hydrogen-bond donors (Lipinski definition) is 2. The van der Waals surface area contributed by atoms with Crippen LogP contribution in [-0.4, -0.2) is 17.3 Å². The third-order valence-corrected chi connectivity index (χ3v) is 3.45. The molecular formula is C7H6I2O3. The lowest BCUT2D eigenvalue weighted by atomic mass is 10.3. The Kier molecular flexibility index (Phi) is 3.27. The zero-order valence-electron chi connectivity index (χ0n) is 6.14. The number of halogens is 2. The van der Waals surface area contributed by atoms with Gasteiger partial charge in [-0.2, -0.15) is 0 Å². The monoisotopic (exact) mass is 392 g/mol. The summed E-state index contributed by atoms with van der Waals surface area (Å²) in [5, 5.41) is 18.7. The van der Waals surface area contributed by atoms with Crippen LogP contribution in [0.3, 0.4) is 0 Å². The second-order valence-electron chi connectivity index (χ2n) is 2.07. The third kappa shape index (κ3) is 1.70. The molecule has 0 aliphatic carbocycles. The van der Waals surface area contributed by atoms with E-state index in [0.717, 1.165) is 0 Å². The molecule has 0 saturated carbocycles. The molecule has 0 aliphatic rings. The lowest BCUT2D eigenvalue weighted by Crippen LogP contribution is -1.89. The smallest absolute Gasteiger partial charge is 0.149 e. The van der Waals surface area contributed by atoms with E-state index in [4.69, 9.17) is 4.74 Å². The van der Waals surface area contributed by atoms with Gasteiger partial charge >= 0.3 is 0 Å². The summed E-state index contributed by atoms with van der Waals surface area (Å²) in [5.74, 6) is 0.574. The first kappa shape index (κ1) is 10.2. The average Bonchev–Trinajstić information content (AvgIpc) is 2.08. The molecule has 1 aromatic rings. The van der Waals surface area contributed by atoms with Crippen molar-refractivity contribution in [3.8, 4) is 17.2 Å². The van der Waals surface area contributed by atoms with Gasteiger partial charge in [-0.3, -0.25) is 0 Å². The van der Waals surface area contributed by atoms with Crippen molar-refractivity contribution < 1.29 is 14.9 Å². The predicted molar refractivity (Wildman–Crippen MR) is 61.8 cm³/mol. The predicted octanol–water partition coefficient (Wildman–Crippen LogP) is 2.32. The Hall–Kier alpha value is 0.0800. The van der Waals surface area contributed by atoms with E-state index >= 15 is 0 Å². The van der Waals surface area contributed by atoms with Gasteiger partial charge in [-0.1, -0.05) is 0 Å². The number of phenols is 2. The maximum atomic E-state index is 9.44. The van der Waals surface area contributed by atoms with Gasteiger partial charge in [0.05, 0.1) is 14.3 Å². The molecule has 2 N–H and O–H groups in total. The molecule has 1 rings (SSSR count). The van der Waals surface area contributed by atoms with E-state index in [1.54, 1.807) is 0 Å². The molecular weight excluding hydrogens is 386 g/mol. The fourth-order valence-electron chi connectivity index (χ4n) is 0.734. The average molecular weight is 392 g/mol. The van der Waals surface area contributed by atoms with E-state index in [1.165, 1.54) is 13.2 Å². The van der Waals surface area contributed by atoms with Crippen molar-refractivity contribution in [3.63, 3.8) is 0 Å². The van der Waals surface area contributed by atoms with Crippen LogP contribution in [0.4, 0.5) is 0 Å². The Bertz CT molecular complexity index is 312. The summed E-state index contributed by atoms with van der Waals surface area (Å²) in [6.45, 7) is 0. The first-order valence-corrected chi connectivity index (χ1v) is 5.17. The Labute approximate surface area is 97.0 Å². The minimum atomic E-state index is 0.0327. The number of aromatic hydroxyl groups is 2. The Morgan fingerprint density at radius 1 is 1.25 bits per heavy atom. The van der Waals surface area contributed by atoms with Crippen LogP contribution in [0.2, 0.25) is 0 Å².